The summed E-state index contributed by atoms with van der Waals surface area (Å²) in [6.45, 7) is 2.23. The second-order valence-electron chi connectivity index (χ2n) is 4.75. The Morgan fingerprint density at radius 2 is 1.53 bits per heavy atom. The molecule has 0 heterocycles. The third kappa shape index (κ3) is 4.57. The van der Waals surface area contributed by atoms with Gasteiger partial charge in [0.05, 0.1) is 12.7 Å². The first-order chi connectivity index (χ1) is 7.63. The number of aliphatic hydroxyl groups excluding tert-OH is 5. The number of carbonyl (C=O) groups excluding carboxylic acids is 1. The lowest BCUT2D eigenvalue weighted by Gasteiger charge is -2.30. The molecule has 0 aromatic carbocycles. The Kier molecular flexibility index (Phi) is 6.00. The summed E-state index contributed by atoms with van der Waals surface area (Å²) in [6, 6.07) is 0. The Morgan fingerprint density at radius 3 is 1.88 bits per heavy atom. The molecular weight excluding hydrogens is 230 g/mol. The highest BCUT2D eigenvalue weighted by atomic mass is 16.4. The molecule has 0 saturated heterocycles. The first-order valence-electron chi connectivity index (χ1n) is 5.26. The van der Waals surface area contributed by atoms with Crippen molar-refractivity contribution in [2.75, 3.05) is 6.61 Å². The predicted octanol–water partition coefficient (Wildman–Crippen LogP) is -2.68. The number of primary amides is 1. The fourth-order valence-electron chi connectivity index (χ4n) is 1.31. The van der Waals surface area contributed by atoms with Crippen molar-refractivity contribution < 1.29 is 30.3 Å². The van der Waals surface area contributed by atoms with Crippen LogP contribution in [-0.2, 0) is 4.79 Å². The topological polar surface area (TPSA) is 144 Å². The number of nitrogens with two attached hydrogens (primary N) is 1. The highest BCUT2D eigenvalue weighted by molar-refractivity contribution is 5.79. The van der Waals surface area contributed by atoms with Gasteiger partial charge in [0.1, 0.15) is 18.3 Å². The summed E-state index contributed by atoms with van der Waals surface area (Å²) in [5, 5.41) is 46.1. The molecule has 0 spiro atoms. The van der Waals surface area contributed by atoms with E-state index in [0.717, 1.165) is 0 Å². The highest BCUT2D eigenvalue weighted by Crippen LogP contribution is 2.24. The third-order valence-electron chi connectivity index (χ3n) is 2.71. The minimum atomic E-state index is -1.70. The minimum Gasteiger partial charge on any atom is -0.394 e. The van der Waals surface area contributed by atoms with Crippen molar-refractivity contribution in [3.8, 4) is 0 Å². The van der Waals surface area contributed by atoms with Crippen molar-refractivity contribution in [3.05, 3.63) is 0 Å². The molecule has 0 aliphatic heterocycles. The van der Waals surface area contributed by atoms with Gasteiger partial charge in [-0.05, 0) is 6.42 Å². The van der Waals surface area contributed by atoms with Crippen LogP contribution >= 0.6 is 0 Å². The summed E-state index contributed by atoms with van der Waals surface area (Å²) in [5.74, 6) is -0.652. The van der Waals surface area contributed by atoms with E-state index in [1.54, 1.807) is 0 Å². The predicted molar refractivity (Wildman–Crippen MR) is 58.7 cm³/mol. The summed E-state index contributed by atoms with van der Waals surface area (Å²) in [5.41, 5.74) is 4.05. The average molecular weight is 251 g/mol. The van der Waals surface area contributed by atoms with E-state index in [2.05, 4.69) is 0 Å². The molecule has 1 amide bonds. The SMILES string of the molecule is CC(C)(CC(O)C(O)C(O)C(O)CO)C(N)=O. The van der Waals surface area contributed by atoms with E-state index in [4.69, 9.17) is 15.9 Å². The fourth-order valence-corrected chi connectivity index (χ4v) is 1.31. The van der Waals surface area contributed by atoms with Crippen LogP contribution in [-0.4, -0.2) is 62.5 Å². The van der Waals surface area contributed by atoms with Crippen molar-refractivity contribution in [2.45, 2.75) is 44.7 Å². The van der Waals surface area contributed by atoms with Crippen LogP contribution in [0.15, 0.2) is 0 Å². The molecule has 4 unspecified atom stereocenters. The molecule has 0 aliphatic carbocycles. The zero-order chi connectivity index (χ0) is 13.8. The molecule has 0 rings (SSSR count). The molecule has 0 aliphatic rings. The van der Waals surface area contributed by atoms with Crippen LogP contribution in [0.2, 0.25) is 0 Å². The molecule has 17 heavy (non-hydrogen) atoms. The lowest BCUT2D eigenvalue weighted by Crippen LogP contribution is -2.48. The van der Waals surface area contributed by atoms with Crippen LogP contribution in [0.3, 0.4) is 0 Å². The summed E-state index contributed by atoms with van der Waals surface area (Å²) in [7, 11) is 0. The standard InChI is InChI=1S/C10H21NO6/c1-10(2,9(11)17)3-5(13)7(15)8(16)6(14)4-12/h5-8,12-16H,3-4H2,1-2H3,(H2,11,17). The van der Waals surface area contributed by atoms with Gasteiger partial charge in [0, 0.05) is 5.41 Å². The Morgan fingerprint density at radius 1 is 1.12 bits per heavy atom. The van der Waals surface area contributed by atoms with Gasteiger partial charge >= 0.3 is 0 Å². The van der Waals surface area contributed by atoms with Crippen LogP contribution in [0.5, 0.6) is 0 Å². The Labute approximate surface area is 99.5 Å². The van der Waals surface area contributed by atoms with E-state index >= 15 is 0 Å². The maximum atomic E-state index is 11.0. The van der Waals surface area contributed by atoms with Crippen molar-refractivity contribution in [1.82, 2.24) is 0 Å². The van der Waals surface area contributed by atoms with Gasteiger partial charge in [-0.3, -0.25) is 4.79 Å². The lowest BCUT2D eigenvalue weighted by atomic mass is 9.83. The number of rotatable bonds is 7. The molecule has 7 nitrogen and oxygen atoms in total. The molecule has 0 radical (unpaired) electrons. The molecule has 7 N–H and O–H groups in total. The van der Waals surface area contributed by atoms with E-state index in [1.807, 2.05) is 0 Å². The first-order valence-corrected chi connectivity index (χ1v) is 5.26. The molecule has 0 saturated carbocycles. The lowest BCUT2D eigenvalue weighted by molar-refractivity contribution is -0.136. The number of amides is 1. The van der Waals surface area contributed by atoms with Crippen molar-refractivity contribution in [1.29, 1.82) is 0 Å². The van der Waals surface area contributed by atoms with Gasteiger partial charge in [-0.1, -0.05) is 13.8 Å². The normalized spacial score (nSPS) is 19.5. The van der Waals surface area contributed by atoms with Crippen LogP contribution in [0, 0.1) is 5.41 Å². The van der Waals surface area contributed by atoms with Gasteiger partial charge in [0.25, 0.3) is 0 Å². The summed E-state index contributed by atoms with van der Waals surface area (Å²) in [4.78, 5) is 11.0. The molecule has 0 aromatic rings. The van der Waals surface area contributed by atoms with Crippen LogP contribution in [0.4, 0.5) is 0 Å². The van der Waals surface area contributed by atoms with Crippen molar-refractivity contribution >= 4 is 5.91 Å². The Balaban J connectivity index is 4.51. The zero-order valence-corrected chi connectivity index (χ0v) is 9.95. The van der Waals surface area contributed by atoms with Crippen LogP contribution in [0.1, 0.15) is 20.3 Å². The van der Waals surface area contributed by atoms with Gasteiger partial charge in [0.2, 0.25) is 5.91 Å². The molecule has 102 valence electrons. The Bertz CT molecular complexity index is 257. The number of hydrogen-bond acceptors (Lipinski definition) is 6. The van der Waals surface area contributed by atoms with Crippen molar-refractivity contribution in [2.24, 2.45) is 11.1 Å². The largest absolute Gasteiger partial charge is 0.394 e. The quantitative estimate of drug-likeness (QED) is 0.291. The van der Waals surface area contributed by atoms with Gasteiger partial charge in [-0.2, -0.15) is 0 Å². The summed E-state index contributed by atoms with van der Waals surface area (Å²) < 4.78 is 0. The zero-order valence-electron chi connectivity index (χ0n) is 9.95. The average Bonchev–Trinajstić information content (AvgIpc) is 2.24. The maximum Gasteiger partial charge on any atom is 0.223 e. The molecule has 0 aromatic heterocycles. The highest BCUT2D eigenvalue weighted by Gasteiger charge is 2.35. The first kappa shape index (κ1) is 16.3. The second kappa shape index (κ2) is 6.27. The van der Waals surface area contributed by atoms with Gasteiger partial charge in [-0.15, -0.1) is 0 Å². The van der Waals surface area contributed by atoms with Crippen LogP contribution < -0.4 is 5.73 Å². The molecule has 4 atom stereocenters. The minimum absolute atomic E-state index is 0.168. The van der Waals surface area contributed by atoms with E-state index in [9.17, 15) is 20.1 Å². The van der Waals surface area contributed by atoms with Crippen molar-refractivity contribution in [3.63, 3.8) is 0 Å². The van der Waals surface area contributed by atoms with Gasteiger partial charge in [-0.25, -0.2) is 0 Å². The molecular formula is C10H21NO6. The molecule has 0 bridgehead atoms. The maximum absolute atomic E-state index is 11.0. The number of aliphatic hydroxyl groups is 5. The Hall–Kier alpha value is -0.730. The van der Waals surface area contributed by atoms with E-state index in [1.165, 1.54) is 13.8 Å². The monoisotopic (exact) mass is 251 g/mol. The number of hydrogen-bond donors (Lipinski definition) is 6. The third-order valence-corrected chi connectivity index (χ3v) is 2.71. The second-order valence-corrected chi connectivity index (χ2v) is 4.75. The summed E-state index contributed by atoms with van der Waals surface area (Å²) >= 11 is 0. The van der Waals surface area contributed by atoms with E-state index in [-0.39, 0.29) is 6.42 Å². The molecule has 7 heteroatoms. The van der Waals surface area contributed by atoms with Gasteiger partial charge in [0.15, 0.2) is 0 Å². The molecule has 0 fully saturated rings. The number of carbonyl (C=O) groups is 1. The summed E-state index contributed by atoms with van der Waals surface area (Å²) in [6.07, 6.45) is -6.53. The van der Waals surface area contributed by atoms with Crippen LogP contribution in [0.25, 0.3) is 0 Å². The van der Waals surface area contributed by atoms with Gasteiger partial charge < -0.3 is 31.3 Å². The smallest absolute Gasteiger partial charge is 0.223 e. The fraction of sp³-hybridized carbons (Fsp3) is 0.900. The van der Waals surface area contributed by atoms with E-state index < -0.39 is 42.3 Å². The van der Waals surface area contributed by atoms with E-state index in [0.29, 0.717) is 0 Å².